The zero-order valence-corrected chi connectivity index (χ0v) is 13.6. The maximum atomic E-state index is 10.4. The summed E-state index contributed by atoms with van der Waals surface area (Å²) in [6, 6.07) is 7.88. The average molecular weight is 305 g/mol. The van der Waals surface area contributed by atoms with Crippen LogP contribution in [0.3, 0.4) is 0 Å². The molecule has 5 heteroatoms. The Labute approximate surface area is 132 Å². The van der Waals surface area contributed by atoms with Gasteiger partial charge in [0.2, 0.25) is 0 Å². The first-order valence-electron chi connectivity index (χ1n) is 8.03. The van der Waals surface area contributed by atoms with Crippen molar-refractivity contribution in [3.63, 3.8) is 0 Å². The molecule has 1 fully saturated rings. The summed E-state index contributed by atoms with van der Waals surface area (Å²) in [5.74, 6) is 1.57. The van der Waals surface area contributed by atoms with Crippen LogP contribution >= 0.6 is 0 Å². The Bertz CT molecular complexity index is 496. The summed E-state index contributed by atoms with van der Waals surface area (Å²) < 4.78 is 5.34. The summed E-state index contributed by atoms with van der Waals surface area (Å²) in [6.07, 6.45) is 3.94. The number of para-hydroxylation sites is 1. The van der Waals surface area contributed by atoms with Crippen LogP contribution in [0.4, 0.5) is 0 Å². The largest absolute Gasteiger partial charge is 0.496 e. The minimum atomic E-state index is -0.583. The number of hydrogen-bond acceptors (Lipinski definition) is 3. The fourth-order valence-electron chi connectivity index (χ4n) is 2.80. The number of methoxy groups -OCH3 is 1. The lowest BCUT2D eigenvalue weighted by Gasteiger charge is -2.23. The predicted molar refractivity (Wildman–Crippen MR) is 89.2 cm³/mol. The third-order valence-electron chi connectivity index (χ3n) is 4.06. The minimum absolute atomic E-state index is 0.539. The van der Waals surface area contributed by atoms with Crippen LogP contribution in [0.25, 0.3) is 0 Å². The molecule has 22 heavy (non-hydrogen) atoms. The lowest BCUT2D eigenvalue weighted by Crippen LogP contribution is -2.46. The molecule has 1 aliphatic rings. The maximum absolute atomic E-state index is 10.4. The van der Waals surface area contributed by atoms with Crippen LogP contribution in [-0.2, 0) is 6.54 Å². The van der Waals surface area contributed by atoms with Crippen LogP contribution < -0.4 is 15.4 Å². The summed E-state index contributed by atoms with van der Waals surface area (Å²) in [5, 5.41) is 16.9. The molecule has 1 aliphatic carbocycles. The summed E-state index contributed by atoms with van der Waals surface area (Å²) >= 11 is 0. The first-order chi connectivity index (χ1) is 10.7. The Hall–Kier alpha value is -1.75. The van der Waals surface area contributed by atoms with Crippen molar-refractivity contribution in [2.75, 3.05) is 20.2 Å². The van der Waals surface area contributed by atoms with Gasteiger partial charge in [-0.05, 0) is 25.8 Å². The molecule has 0 radical (unpaired) electrons. The van der Waals surface area contributed by atoms with Crippen LogP contribution in [0.1, 0.15) is 38.2 Å². The third-order valence-corrected chi connectivity index (χ3v) is 4.06. The fourth-order valence-corrected chi connectivity index (χ4v) is 2.80. The van der Waals surface area contributed by atoms with E-state index in [1.807, 2.05) is 31.2 Å². The van der Waals surface area contributed by atoms with Gasteiger partial charge in [0.15, 0.2) is 5.96 Å². The number of aliphatic imine (C=N–C) groups is 1. The minimum Gasteiger partial charge on any atom is -0.496 e. The molecule has 1 aromatic carbocycles. The Morgan fingerprint density at radius 2 is 2.00 bits per heavy atom. The van der Waals surface area contributed by atoms with E-state index in [1.54, 1.807) is 7.11 Å². The number of rotatable bonds is 6. The van der Waals surface area contributed by atoms with Gasteiger partial charge in [0.05, 0.1) is 19.3 Å². The molecule has 0 aromatic heterocycles. The molecule has 1 aromatic rings. The zero-order valence-electron chi connectivity index (χ0n) is 13.6. The van der Waals surface area contributed by atoms with Crippen molar-refractivity contribution in [3.8, 4) is 5.75 Å². The number of ether oxygens (including phenoxy) is 1. The molecule has 0 amide bonds. The normalized spacial score (nSPS) is 17.3. The smallest absolute Gasteiger partial charge is 0.191 e. The molecule has 0 saturated heterocycles. The van der Waals surface area contributed by atoms with Crippen molar-refractivity contribution in [2.24, 2.45) is 4.99 Å². The molecule has 0 unspecified atom stereocenters. The van der Waals surface area contributed by atoms with Crippen molar-refractivity contribution < 1.29 is 9.84 Å². The van der Waals surface area contributed by atoms with E-state index >= 15 is 0 Å². The molecule has 0 atom stereocenters. The molecule has 3 N–H and O–H groups in total. The van der Waals surface area contributed by atoms with Crippen LogP contribution in [-0.4, -0.2) is 36.9 Å². The highest BCUT2D eigenvalue weighted by Crippen LogP contribution is 2.28. The molecule has 0 bridgehead atoms. The Morgan fingerprint density at radius 3 is 2.68 bits per heavy atom. The highest BCUT2D eigenvalue weighted by atomic mass is 16.5. The second-order valence-corrected chi connectivity index (χ2v) is 5.79. The van der Waals surface area contributed by atoms with Gasteiger partial charge in [0.1, 0.15) is 5.75 Å². The van der Waals surface area contributed by atoms with Crippen molar-refractivity contribution in [3.05, 3.63) is 29.8 Å². The van der Waals surface area contributed by atoms with E-state index in [1.165, 1.54) is 0 Å². The molecule has 0 spiro atoms. The van der Waals surface area contributed by atoms with Crippen molar-refractivity contribution in [2.45, 2.75) is 44.8 Å². The van der Waals surface area contributed by atoms with Gasteiger partial charge in [-0.2, -0.15) is 0 Å². The second kappa shape index (κ2) is 8.03. The summed E-state index contributed by atoms with van der Waals surface area (Å²) in [5.41, 5.74) is 0.461. The first-order valence-corrected chi connectivity index (χ1v) is 8.03. The molecule has 1 saturated carbocycles. The quantitative estimate of drug-likeness (QED) is 0.556. The third kappa shape index (κ3) is 4.63. The molecule has 5 nitrogen and oxygen atoms in total. The van der Waals surface area contributed by atoms with Gasteiger partial charge in [-0.15, -0.1) is 0 Å². The van der Waals surface area contributed by atoms with Crippen molar-refractivity contribution in [1.29, 1.82) is 0 Å². The van der Waals surface area contributed by atoms with Gasteiger partial charge in [0, 0.05) is 18.7 Å². The van der Waals surface area contributed by atoms with E-state index in [2.05, 4.69) is 15.6 Å². The van der Waals surface area contributed by atoms with Crippen molar-refractivity contribution in [1.82, 2.24) is 10.6 Å². The summed E-state index contributed by atoms with van der Waals surface area (Å²) in [6.45, 7) is 3.91. The summed E-state index contributed by atoms with van der Waals surface area (Å²) in [7, 11) is 1.67. The monoisotopic (exact) mass is 305 g/mol. The van der Waals surface area contributed by atoms with Gasteiger partial charge < -0.3 is 20.5 Å². The van der Waals surface area contributed by atoms with Crippen molar-refractivity contribution >= 4 is 5.96 Å². The number of benzene rings is 1. The standard InChI is InChI=1S/C17H27N3O2/c1-3-18-16(20-13-17(21)10-6-7-11-17)19-12-14-8-4-5-9-15(14)22-2/h4-5,8-9,21H,3,6-7,10-13H2,1-2H3,(H2,18,19,20). The molecule has 122 valence electrons. The van der Waals surface area contributed by atoms with E-state index in [0.29, 0.717) is 13.1 Å². The highest BCUT2D eigenvalue weighted by molar-refractivity contribution is 5.79. The molecular weight excluding hydrogens is 278 g/mol. The van der Waals surface area contributed by atoms with Gasteiger partial charge >= 0.3 is 0 Å². The highest BCUT2D eigenvalue weighted by Gasteiger charge is 2.30. The molecule has 2 rings (SSSR count). The maximum Gasteiger partial charge on any atom is 0.191 e. The Morgan fingerprint density at radius 1 is 1.27 bits per heavy atom. The fraction of sp³-hybridized carbons (Fsp3) is 0.588. The van der Waals surface area contributed by atoms with Gasteiger partial charge in [-0.25, -0.2) is 4.99 Å². The topological polar surface area (TPSA) is 65.9 Å². The predicted octanol–water partition coefficient (Wildman–Crippen LogP) is 2.06. The lowest BCUT2D eigenvalue weighted by atomic mass is 10.0. The van der Waals surface area contributed by atoms with Crippen LogP contribution in [0.5, 0.6) is 5.75 Å². The number of aliphatic hydroxyl groups is 1. The van der Waals surface area contributed by atoms with E-state index in [-0.39, 0.29) is 0 Å². The SMILES string of the molecule is CCNC(=NCc1ccccc1OC)NCC1(O)CCCC1. The Kier molecular flexibility index (Phi) is 6.07. The van der Waals surface area contributed by atoms with Gasteiger partial charge in [-0.3, -0.25) is 0 Å². The first kappa shape index (κ1) is 16.6. The van der Waals surface area contributed by atoms with Crippen LogP contribution in [0.2, 0.25) is 0 Å². The molecule has 0 aliphatic heterocycles. The number of nitrogens with one attached hydrogen (secondary N) is 2. The molecular formula is C17H27N3O2. The summed E-state index contributed by atoms with van der Waals surface area (Å²) in [4.78, 5) is 4.59. The van der Waals surface area contributed by atoms with Crippen LogP contribution in [0, 0.1) is 0 Å². The Balaban J connectivity index is 1.97. The molecule has 0 heterocycles. The van der Waals surface area contributed by atoms with E-state index in [9.17, 15) is 5.11 Å². The number of guanidine groups is 1. The van der Waals surface area contributed by atoms with Gasteiger partial charge in [0.25, 0.3) is 0 Å². The zero-order chi connectivity index (χ0) is 15.8. The van der Waals surface area contributed by atoms with E-state index in [4.69, 9.17) is 4.74 Å². The van der Waals surface area contributed by atoms with E-state index in [0.717, 1.165) is 49.5 Å². The van der Waals surface area contributed by atoms with Gasteiger partial charge in [-0.1, -0.05) is 31.0 Å². The van der Waals surface area contributed by atoms with Crippen LogP contribution in [0.15, 0.2) is 29.3 Å². The second-order valence-electron chi connectivity index (χ2n) is 5.79. The number of hydrogen-bond donors (Lipinski definition) is 3. The number of nitrogens with zero attached hydrogens (tertiary/aromatic N) is 1. The van der Waals surface area contributed by atoms with E-state index < -0.39 is 5.60 Å². The average Bonchev–Trinajstić information content (AvgIpc) is 2.97. The lowest BCUT2D eigenvalue weighted by molar-refractivity contribution is 0.0522.